The SMILES string of the molecule is CC[Si](CC)(CC)[C@@H]1OCC[C@@H]1OC(=O)c1ccccc1. The lowest BCUT2D eigenvalue weighted by molar-refractivity contribution is 0.0177. The molecule has 0 aliphatic carbocycles. The van der Waals surface area contributed by atoms with Gasteiger partial charge in [0.2, 0.25) is 0 Å². The highest BCUT2D eigenvalue weighted by Crippen LogP contribution is 2.34. The minimum absolute atomic E-state index is 0.0655. The van der Waals surface area contributed by atoms with E-state index >= 15 is 0 Å². The zero-order valence-electron chi connectivity index (χ0n) is 13.3. The maximum Gasteiger partial charge on any atom is 0.338 e. The van der Waals surface area contributed by atoms with E-state index in [9.17, 15) is 4.79 Å². The van der Waals surface area contributed by atoms with E-state index in [0.29, 0.717) is 12.2 Å². The number of esters is 1. The van der Waals surface area contributed by atoms with E-state index < -0.39 is 8.07 Å². The Kier molecular flexibility index (Phi) is 5.59. The molecule has 4 heteroatoms. The third-order valence-corrected chi connectivity index (χ3v) is 11.0. The third-order valence-electron chi connectivity index (χ3n) is 5.02. The van der Waals surface area contributed by atoms with Gasteiger partial charge in [-0.2, -0.15) is 0 Å². The Hall–Kier alpha value is -1.13. The summed E-state index contributed by atoms with van der Waals surface area (Å²) in [5, 5.41) is 0. The molecule has 1 aromatic carbocycles. The average Bonchev–Trinajstić information content (AvgIpc) is 2.99. The Balaban J connectivity index is 2.10. The molecule has 0 spiro atoms. The van der Waals surface area contributed by atoms with Crippen molar-refractivity contribution >= 4 is 14.0 Å². The average molecular weight is 306 g/mol. The van der Waals surface area contributed by atoms with E-state index in [-0.39, 0.29) is 17.8 Å². The van der Waals surface area contributed by atoms with Gasteiger partial charge < -0.3 is 9.47 Å². The summed E-state index contributed by atoms with van der Waals surface area (Å²) >= 11 is 0. The quantitative estimate of drug-likeness (QED) is 0.587. The first-order valence-corrected chi connectivity index (χ1v) is 10.7. The maximum absolute atomic E-state index is 12.3. The van der Waals surface area contributed by atoms with E-state index in [1.807, 2.05) is 18.2 Å². The van der Waals surface area contributed by atoms with Crippen LogP contribution < -0.4 is 0 Å². The summed E-state index contributed by atoms with van der Waals surface area (Å²) in [6.07, 6.45) is 0.766. The zero-order chi connectivity index (χ0) is 15.3. The molecule has 2 atom stereocenters. The van der Waals surface area contributed by atoms with Gasteiger partial charge in [0.1, 0.15) is 6.10 Å². The molecule has 21 heavy (non-hydrogen) atoms. The van der Waals surface area contributed by atoms with Crippen molar-refractivity contribution in [2.75, 3.05) is 6.61 Å². The van der Waals surface area contributed by atoms with Gasteiger partial charge >= 0.3 is 5.97 Å². The largest absolute Gasteiger partial charge is 0.456 e. The predicted octanol–water partition coefficient (Wildman–Crippen LogP) is 4.05. The van der Waals surface area contributed by atoms with Gasteiger partial charge in [-0.15, -0.1) is 0 Å². The minimum atomic E-state index is -1.51. The molecular formula is C17H26O3Si. The fraction of sp³-hybridized carbons (Fsp3) is 0.588. The number of benzene rings is 1. The second-order valence-electron chi connectivity index (χ2n) is 5.81. The molecule has 0 saturated carbocycles. The second kappa shape index (κ2) is 7.23. The molecular weight excluding hydrogens is 280 g/mol. The molecule has 1 heterocycles. The highest BCUT2D eigenvalue weighted by Gasteiger charge is 2.46. The van der Waals surface area contributed by atoms with Crippen molar-refractivity contribution in [3.8, 4) is 0 Å². The van der Waals surface area contributed by atoms with Crippen molar-refractivity contribution in [3.05, 3.63) is 35.9 Å². The molecule has 0 amide bonds. The standard InChI is InChI=1S/C17H26O3Si/c1-4-21(5-2,6-3)17-15(12-13-19-17)20-16(18)14-10-8-7-9-11-14/h7-11,15,17H,4-6,12-13H2,1-3H3/t15-,17-/m0/s1. The summed E-state index contributed by atoms with van der Waals surface area (Å²) in [5.41, 5.74) is 0.782. The van der Waals surface area contributed by atoms with Crippen LogP contribution in [-0.4, -0.2) is 32.5 Å². The van der Waals surface area contributed by atoms with Crippen molar-refractivity contribution in [3.63, 3.8) is 0 Å². The maximum atomic E-state index is 12.3. The van der Waals surface area contributed by atoms with Crippen LogP contribution in [0.2, 0.25) is 18.1 Å². The number of hydrogen-bond donors (Lipinski definition) is 0. The minimum Gasteiger partial charge on any atom is -0.456 e. The molecule has 3 nitrogen and oxygen atoms in total. The number of rotatable bonds is 6. The van der Waals surface area contributed by atoms with Gasteiger partial charge in [0.05, 0.1) is 26.0 Å². The normalized spacial score (nSPS) is 22.2. The van der Waals surface area contributed by atoms with E-state index in [1.54, 1.807) is 12.1 Å². The monoisotopic (exact) mass is 306 g/mol. The highest BCUT2D eigenvalue weighted by molar-refractivity contribution is 6.81. The van der Waals surface area contributed by atoms with Crippen molar-refractivity contribution in [1.29, 1.82) is 0 Å². The van der Waals surface area contributed by atoms with Crippen molar-refractivity contribution in [2.45, 2.75) is 57.2 Å². The molecule has 0 radical (unpaired) electrons. The van der Waals surface area contributed by atoms with Crippen LogP contribution in [0.4, 0.5) is 0 Å². The van der Waals surface area contributed by atoms with Crippen LogP contribution >= 0.6 is 0 Å². The van der Waals surface area contributed by atoms with Gasteiger partial charge in [0, 0.05) is 6.42 Å². The molecule has 1 aliphatic rings. The van der Waals surface area contributed by atoms with Gasteiger partial charge in [0.25, 0.3) is 0 Å². The predicted molar refractivity (Wildman–Crippen MR) is 87.2 cm³/mol. The summed E-state index contributed by atoms with van der Waals surface area (Å²) in [4.78, 5) is 12.3. The lowest BCUT2D eigenvalue weighted by atomic mass is 10.2. The number of hydrogen-bond acceptors (Lipinski definition) is 3. The Morgan fingerprint density at radius 3 is 2.38 bits per heavy atom. The van der Waals surface area contributed by atoms with Gasteiger partial charge in [0.15, 0.2) is 0 Å². The topological polar surface area (TPSA) is 35.5 Å². The fourth-order valence-electron chi connectivity index (χ4n) is 3.40. The third kappa shape index (κ3) is 3.38. The van der Waals surface area contributed by atoms with Gasteiger partial charge in [-0.3, -0.25) is 0 Å². The smallest absolute Gasteiger partial charge is 0.338 e. The number of ether oxygens (including phenoxy) is 2. The van der Waals surface area contributed by atoms with Crippen molar-refractivity contribution in [2.24, 2.45) is 0 Å². The van der Waals surface area contributed by atoms with Crippen molar-refractivity contribution < 1.29 is 14.3 Å². The first-order chi connectivity index (χ1) is 10.2. The summed E-state index contributed by atoms with van der Waals surface area (Å²) in [7, 11) is -1.51. The summed E-state index contributed by atoms with van der Waals surface area (Å²) in [5.74, 6) is -0.220. The number of carbonyl (C=O) groups excluding carboxylic acids is 1. The van der Waals surface area contributed by atoms with Crippen LogP contribution in [0.1, 0.15) is 37.6 Å². The van der Waals surface area contributed by atoms with Crippen LogP contribution in [0.5, 0.6) is 0 Å². The lowest BCUT2D eigenvalue weighted by Crippen LogP contribution is -2.51. The van der Waals surface area contributed by atoms with Crippen LogP contribution in [0.15, 0.2) is 30.3 Å². The summed E-state index contributed by atoms with van der Waals surface area (Å²) in [6, 6.07) is 12.8. The molecule has 1 aromatic rings. The molecule has 1 aliphatic heterocycles. The summed E-state index contributed by atoms with van der Waals surface area (Å²) < 4.78 is 11.8. The van der Waals surface area contributed by atoms with E-state index in [0.717, 1.165) is 6.42 Å². The highest BCUT2D eigenvalue weighted by atomic mass is 28.3. The van der Waals surface area contributed by atoms with Crippen LogP contribution in [0, 0.1) is 0 Å². The second-order valence-corrected chi connectivity index (χ2v) is 11.2. The van der Waals surface area contributed by atoms with Gasteiger partial charge in [-0.1, -0.05) is 57.1 Å². The van der Waals surface area contributed by atoms with Crippen LogP contribution in [0.25, 0.3) is 0 Å². The van der Waals surface area contributed by atoms with Crippen molar-refractivity contribution in [1.82, 2.24) is 0 Å². The number of carbonyl (C=O) groups is 1. The Bertz CT molecular complexity index is 448. The Morgan fingerprint density at radius 2 is 1.81 bits per heavy atom. The van der Waals surface area contributed by atoms with Crippen LogP contribution in [0.3, 0.4) is 0 Å². The molecule has 0 aromatic heterocycles. The first kappa shape index (κ1) is 16.2. The molecule has 2 rings (SSSR count). The van der Waals surface area contributed by atoms with Gasteiger partial charge in [-0.25, -0.2) is 4.79 Å². The Labute approximate surface area is 128 Å². The zero-order valence-corrected chi connectivity index (χ0v) is 14.3. The molecule has 116 valence electrons. The van der Waals surface area contributed by atoms with E-state index in [4.69, 9.17) is 9.47 Å². The molecule has 0 bridgehead atoms. The fourth-order valence-corrected chi connectivity index (χ4v) is 7.60. The Morgan fingerprint density at radius 1 is 1.19 bits per heavy atom. The molecule has 1 fully saturated rings. The molecule has 0 N–H and O–H groups in total. The lowest BCUT2D eigenvalue weighted by Gasteiger charge is -2.36. The first-order valence-electron chi connectivity index (χ1n) is 8.04. The van der Waals surface area contributed by atoms with Gasteiger partial charge in [-0.05, 0) is 12.1 Å². The van der Waals surface area contributed by atoms with Crippen LogP contribution in [-0.2, 0) is 9.47 Å². The summed E-state index contributed by atoms with van der Waals surface area (Å²) in [6.45, 7) is 7.50. The molecule has 0 unspecified atom stereocenters. The van der Waals surface area contributed by atoms with E-state index in [1.165, 1.54) is 18.1 Å². The van der Waals surface area contributed by atoms with E-state index in [2.05, 4.69) is 20.8 Å². The molecule has 1 saturated heterocycles.